The second kappa shape index (κ2) is 4.81. The standard InChI is InChI=1S/C17H17N3O/c1-10-5-7-14(8-6-10)15-9-16-18-11(2)17(13(4)21)12(3)20(16)19-15/h5-9H,1-4H3. The Kier molecular flexibility index (Phi) is 3.09. The first-order valence-corrected chi connectivity index (χ1v) is 6.92. The number of aryl methyl sites for hydroxylation is 3. The van der Waals surface area contributed by atoms with Crippen LogP contribution in [-0.4, -0.2) is 20.4 Å². The van der Waals surface area contributed by atoms with E-state index in [4.69, 9.17) is 0 Å². The zero-order valence-electron chi connectivity index (χ0n) is 12.6. The summed E-state index contributed by atoms with van der Waals surface area (Å²) in [6.45, 7) is 7.39. The van der Waals surface area contributed by atoms with Gasteiger partial charge < -0.3 is 0 Å². The molecule has 0 atom stereocenters. The number of benzene rings is 1. The van der Waals surface area contributed by atoms with Crippen molar-refractivity contribution in [1.82, 2.24) is 14.6 Å². The zero-order chi connectivity index (χ0) is 15.1. The van der Waals surface area contributed by atoms with Gasteiger partial charge in [0.05, 0.1) is 22.6 Å². The number of hydrogen-bond donors (Lipinski definition) is 0. The minimum atomic E-state index is 0.0202. The van der Waals surface area contributed by atoms with E-state index in [9.17, 15) is 4.79 Å². The molecule has 0 aliphatic heterocycles. The molecule has 106 valence electrons. The maximum atomic E-state index is 11.8. The topological polar surface area (TPSA) is 47.3 Å². The van der Waals surface area contributed by atoms with Gasteiger partial charge in [-0.2, -0.15) is 5.10 Å². The molecule has 0 saturated carbocycles. The molecule has 0 aliphatic carbocycles. The van der Waals surface area contributed by atoms with E-state index in [0.29, 0.717) is 5.56 Å². The second-order valence-electron chi connectivity index (χ2n) is 5.38. The molecule has 3 aromatic rings. The summed E-state index contributed by atoms with van der Waals surface area (Å²) in [6, 6.07) is 10.2. The molecule has 21 heavy (non-hydrogen) atoms. The molecule has 0 fully saturated rings. The third kappa shape index (κ3) is 2.23. The number of hydrogen-bond acceptors (Lipinski definition) is 3. The first-order valence-electron chi connectivity index (χ1n) is 6.92. The third-order valence-corrected chi connectivity index (χ3v) is 3.71. The average Bonchev–Trinajstić information content (AvgIpc) is 2.83. The lowest BCUT2D eigenvalue weighted by Gasteiger charge is -2.07. The Balaban J connectivity index is 2.23. The van der Waals surface area contributed by atoms with Gasteiger partial charge in [0, 0.05) is 11.6 Å². The summed E-state index contributed by atoms with van der Waals surface area (Å²) in [5, 5.41) is 4.60. The van der Waals surface area contributed by atoms with Crippen LogP contribution in [0.3, 0.4) is 0 Å². The molecule has 2 heterocycles. The van der Waals surface area contributed by atoms with Crippen molar-refractivity contribution in [2.75, 3.05) is 0 Å². The quantitative estimate of drug-likeness (QED) is 0.674. The number of Topliss-reactive ketones (excluding diaryl/α,β-unsaturated/α-hetero) is 1. The van der Waals surface area contributed by atoms with Crippen LogP contribution in [-0.2, 0) is 0 Å². The van der Waals surface area contributed by atoms with Gasteiger partial charge in [-0.25, -0.2) is 9.50 Å². The third-order valence-electron chi connectivity index (χ3n) is 3.71. The van der Waals surface area contributed by atoms with E-state index in [1.54, 1.807) is 11.4 Å². The number of aromatic nitrogens is 3. The highest BCUT2D eigenvalue weighted by Crippen LogP contribution is 2.22. The van der Waals surface area contributed by atoms with Crippen LogP contribution in [0.4, 0.5) is 0 Å². The molecule has 0 bridgehead atoms. The molecule has 0 spiro atoms. The van der Waals surface area contributed by atoms with Crippen molar-refractivity contribution < 1.29 is 4.79 Å². The highest BCUT2D eigenvalue weighted by atomic mass is 16.1. The van der Waals surface area contributed by atoms with Crippen LogP contribution >= 0.6 is 0 Å². The van der Waals surface area contributed by atoms with Crippen molar-refractivity contribution in [2.45, 2.75) is 27.7 Å². The van der Waals surface area contributed by atoms with Crippen LogP contribution < -0.4 is 0 Å². The van der Waals surface area contributed by atoms with Gasteiger partial charge in [0.1, 0.15) is 0 Å². The first kappa shape index (κ1) is 13.5. The summed E-state index contributed by atoms with van der Waals surface area (Å²) < 4.78 is 1.75. The van der Waals surface area contributed by atoms with Gasteiger partial charge in [0.15, 0.2) is 11.4 Å². The van der Waals surface area contributed by atoms with E-state index in [-0.39, 0.29) is 5.78 Å². The molecule has 2 aromatic heterocycles. The normalized spacial score (nSPS) is 11.0. The smallest absolute Gasteiger partial charge is 0.163 e. The number of nitrogens with zero attached hydrogens (tertiary/aromatic N) is 3. The van der Waals surface area contributed by atoms with E-state index in [1.807, 2.05) is 32.0 Å². The van der Waals surface area contributed by atoms with Crippen LogP contribution in [0.25, 0.3) is 16.9 Å². The monoisotopic (exact) mass is 279 g/mol. The number of rotatable bonds is 2. The fraction of sp³-hybridized carbons (Fsp3) is 0.235. The first-order chi connectivity index (χ1) is 9.97. The largest absolute Gasteiger partial charge is 0.294 e. The Morgan fingerprint density at radius 3 is 2.38 bits per heavy atom. The molecule has 0 aliphatic rings. The summed E-state index contributed by atoms with van der Waals surface area (Å²) in [4.78, 5) is 16.3. The van der Waals surface area contributed by atoms with Gasteiger partial charge >= 0.3 is 0 Å². The molecule has 4 heteroatoms. The van der Waals surface area contributed by atoms with E-state index in [0.717, 1.165) is 28.3 Å². The summed E-state index contributed by atoms with van der Waals surface area (Å²) >= 11 is 0. The minimum absolute atomic E-state index is 0.0202. The van der Waals surface area contributed by atoms with E-state index in [2.05, 4.69) is 29.1 Å². The van der Waals surface area contributed by atoms with Gasteiger partial charge in [0.2, 0.25) is 0 Å². The van der Waals surface area contributed by atoms with Crippen LogP contribution in [0.2, 0.25) is 0 Å². The van der Waals surface area contributed by atoms with Crippen molar-refractivity contribution in [1.29, 1.82) is 0 Å². The second-order valence-corrected chi connectivity index (χ2v) is 5.38. The van der Waals surface area contributed by atoms with E-state index >= 15 is 0 Å². The fourth-order valence-corrected chi connectivity index (χ4v) is 2.67. The molecule has 0 radical (unpaired) electrons. The molecule has 0 N–H and O–H groups in total. The maximum Gasteiger partial charge on any atom is 0.163 e. The van der Waals surface area contributed by atoms with Crippen molar-refractivity contribution in [2.24, 2.45) is 0 Å². The lowest BCUT2D eigenvalue weighted by atomic mass is 10.1. The molecule has 0 amide bonds. The molecular weight excluding hydrogens is 262 g/mol. The van der Waals surface area contributed by atoms with Gasteiger partial charge in [-0.1, -0.05) is 29.8 Å². The Hall–Kier alpha value is -2.49. The van der Waals surface area contributed by atoms with Crippen LogP contribution in [0.5, 0.6) is 0 Å². The Labute approximate surface area is 123 Å². The van der Waals surface area contributed by atoms with Crippen LogP contribution in [0, 0.1) is 20.8 Å². The Morgan fingerprint density at radius 1 is 1.10 bits per heavy atom. The highest BCUT2D eigenvalue weighted by molar-refractivity contribution is 5.96. The zero-order valence-corrected chi connectivity index (χ0v) is 12.6. The molecule has 1 aromatic carbocycles. The minimum Gasteiger partial charge on any atom is -0.294 e. The molecule has 0 saturated heterocycles. The van der Waals surface area contributed by atoms with E-state index < -0.39 is 0 Å². The Morgan fingerprint density at radius 2 is 1.76 bits per heavy atom. The number of ketones is 1. The predicted octanol–water partition coefficient (Wildman–Crippen LogP) is 3.52. The highest BCUT2D eigenvalue weighted by Gasteiger charge is 2.15. The number of fused-ring (bicyclic) bond motifs is 1. The lowest BCUT2D eigenvalue weighted by Crippen LogP contribution is -2.08. The van der Waals surface area contributed by atoms with Gasteiger partial charge in [-0.05, 0) is 27.7 Å². The Bertz CT molecular complexity index is 845. The summed E-state index contributed by atoms with van der Waals surface area (Å²) in [5.74, 6) is 0.0202. The summed E-state index contributed by atoms with van der Waals surface area (Å²) in [6.07, 6.45) is 0. The van der Waals surface area contributed by atoms with Crippen molar-refractivity contribution in [3.63, 3.8) is 0 Å². The van der Waals surface area contributed by atoms with Crippen molar-refractivity contribution in [3.8, 4) is 11.3 Å². The average molecular weight is 279 g/mol. The SMILES string of the molecule is CC(=O)c1c(C)nc2cc(-c3ccc(C)cc3)nn2c1C. The number of carbonyl (C=O) groups is 1. The lowest BCUT2D eigenvalue weighted by molar-refractivity contribution is 0.101. The molecule has 4 nitrogen and oxygen atoms in total. The summed E-state index contributed by atoms with van der Waals surface area (Å²) in [7, 11) is 0. The summed E-state index contributed by atoms with van der Waals surface area (Å²) in [5.41, 5.74) is 6.14. The van der Waals surface area contributed by atoms with E-state index in [1.165, 1.54) is 5.56 Å². The maximum absolute atomic E-state index is 11.8. The van der Waals surface area contributed by atoms with Gasteiger partial charge in [0.25, 0.3) is 0 Å². The number of carbonyl (C=O) groups excluding carboxylic acids is 1. The molecular formula is C17H17N3O. The predicted molar refractivity (Wildman–Crippen MR) is 82.6 cm³/mol. The van der Waals surface area contributed by atoms with Crippen LogP contribution in [0.1, 0.15) is 34.2 Å². The molecule has 0 unspecified atom stereocenters. The van der Waals surface area contributed by atoms with Crippen molar-refractivity contribution in [3.05, 3.63) is 52.8 Å². The van der Waals surface area contributed by atoms with Gasteiger partial charge in [-0.15, -0.1) is 0 Å². The van der Waals surface area contributed by atoms with Crippen LogP contribution in [0.15, 0.2) is 30.3 Å². The fourth-order valence-electron chi connectivity index (χ4n) is 2.67. The molecule has 3 rings (SSSR count). The van der Waals surface area contributed by atoms with Gasteiger partial charge in [-0.3, -0.25) is 4.79 Å². The van der Waals surface area contributed by atoms with Crippen molar-refractivity contribution >= 4 is 11.4 Å².